The number of pyridine rings is 1. The lowest BCUT2D eigenvalue weighted by Crippen LogP contribution is -2.31. The average molecular weight is 403 g/mol. The van der Waals surface area contributed by atoms with Gasteiger partial charge in [0, 0.05) is 21.2 Å². The van der Waals surface area contributed by atoms with Gasteiger partial charge in [-0.2, -0.15) is 0 Å². The summed E-state index contributed by atoms with van der Waals surface area (Å²) in [5, 5.41) is 3.05. The molecular formula is C23H18FN3OS. The number of nitrogens with zero attached hydrogens (tertiary/aromatic N) is 2. The van der Waals surface area contributed by atoms with Gasteiger partial charge >= 0.3 is 0 Å². The summed E-state index contributed by atoms with van der Waals surface area (Å²) in [4.78, 5) is 20.8. The van der Waals surface area contributed by atoms with Crippen molar-refractivity contribution in [2.24, 2.45) is 0 Å². The van der Waals surface area contributed by atoms with Crippen molar-refractivity contribution < 1.29 is 9.18 Å². The second-order valence-electron chi connectivity index (χ2n) is 6.51. The number of anilines is 3. The van der Waals surface area contributed by atoms with Crippen LogP contribution in [0.2, 0.25) is 0 Å². The Kier molecular flexibility index (Phi) is 5.24. The van der Waals surface area contributed by atoms with Gasteiger partial charge in [-0.15, -0.1) is 5.92 Å². The largest absolute Gasteiger partial charge is 0.338 e. The second-order valence-corrected chi connectivity index (χ2v) is 7.59. The van der Waals surface area contributed by atoms with Gasteiger partial charge in [0.25, 0.3) is 5.91 Å². The second kappa shape index (κ2) is 7.98. The fraction of sp³-hybridized carbons (Fsp3) is 0.130. The fourth-order valence-corrected chi connectivity index (χ4v) is 4.20. The number of carbonyl (C=O) groups is 1. The zero-order chi connectivity index (χ0) is 20.4. The van der Waals surface area contributed by atoms with Gasteiger partial charge < -0.3 is 5.32 Å². The number of hydrogen-bond acceptors (Lipinski definition) is 4. The van der Waals surface area contributed by atoms with Crippen molar-refractivity contribution in [3.63, 3.8) is 0 Å². The molecule has 0 radical (unpaired) electrons. The van der Waals surface area contributed by atoms with Crippen LogP contribution < -0.4 is 10.2 Å². The molecule has 1 amide bonds. The standard InChI is InChI=1S/C23H18FN3OS/c1-3-4-13-27-19-12-10-16(26-22-18(24)11-9-15(2)25-22)14-21(19)29-20-8-6-5-7-17(20)23(27)28/h5-12,14H,13H2,1-2H3,(H,25,26). The Morgan fingerprint density at radius 1 is 1.14 bits per heavy atom. The van der Waals surface area contributed by atoms with Gasteiger partial charge in [0.2, 0.25) is 0 Å². The number of aryl methyl sites for hydroxylation is 1. The summed E-state index contributed by atoms with van der Waals surface area (Å²) in [5.74, 6) is 5.51. The van der Waals surface area contributed by atoms with Crippen molar-refractivity contribution in [3.05, 3.63) is 71.7 Å². The third-order valence-corrected chi connectivity index (χ3v) is 5.62. The SMILES string of the molecule is CC#CCN1C(=O)c2ccccc2Sc2cc(Nc3nc(C)ccc3F)ccc21. The highest BCUT2D eigenvalue weighted by Gasteiger charge is 2.27. The molecule has 0 spiro atoms. The summed E-state index contributed by atoms with van der Waals surface area (Å²) in [6.07, 6.45) is 0. The van der Waals surface area contributed by atoms with Crippen LogP contribution in [0.4, 0.5) is 21.6 Å². The molecule has 1 aromatic heterocycles. The lowest BCUT2D eigenvalue weighted by Gasteiger charge is -2.21. The maximum absolute atomic E-state index is 14.1. The molecule has 1 N–H and O–H groups in total. The molecule has 0 fully saturated rings. The van der Waals surface area contributed by atoms with Crippen LogP contribution in [0, 0.1) is 24.6 Å². The molecule has 1 aliphatic heterocycles. The Morgan fingerprint density at radius 2 is 1.97 bits per heavy atom. The van der Waals surface area contributed by atoms with E-state index in [4.69, 9.17) is 0 Å². The van der Waals surface area contributed by atoms with Crippen LogP contribution in [0.1, 0.15) is 23.0 Å². The maximum atomic E-state index is 14.1. The molecule has 29 heavy (non-hydrogen) atoms. The molecule has 0 saturated carbocycles. The highest BCUT2D eigenvalue weighted by atomic mass is 32.2. The summed E-state index contributed by atoms with van der Waals surface area (Å²) in [6, 6.07) is 16.1. The lowest BCUT2D eigenvalue weighted by atomic mass is 10.1. The average Bonchev–Trinajstić information content (AvgIpc) is 2.83. The summed E-state index contributed by atoms with van der Waals surface area (Å²) >= 11 is 1.51. The molecule has 4 rings (SSSR count). The van der Waals surface area contributed by atoms with Crippen molar-refractivity contribution in [1.29, 1.82) is 0 Å². The maximum Gasteiger partial charge on any atom is 0.260 e. The van der Waals surface area contributed by atoms with Gasteiger partial charge in [0.15, 0.2) is 11.6 Å². The number of halogens is 1. The highest BCUT2D eigenvalue weighted by molar-refractivity contribution is 7.99. The van der Waals surface area contributed by atoms with Crippen molar-refractivity contribution >= 4 is 34.9 Å². The fourth-order valence-electron chi connectivity index (χ4n) is 3.08. The van der Waals surface area contributed by atoms with Crippen LogP contribution in [-0.4, -0.2) is 17.4 Å². The van der Waals surface area contributed by atoms with Gasteiger partial charge in [0.05, 0.1) is 17.8 Å². The summed E-state index contributed by atoms with van der Waals surface area (Å²) in [7, 11) is 0. The van der Waals surface area contributed by atoms with Crippen LogP contribution in [0.5, 0.6) is 0 Å². The van der Waals surface area contributed by atoms with Crippen LogP contribution >= 0.6 is 11.8 Å². The Hall–Kier alpha value is -3.30. The quantitative estimate of drug-likeness (QED) is 0.594. The number of rotatable bonds is 3. The molecule has 0 saturated heterocycles. The van der Waals surface area contributed by atoms with E-state index < -0.39 is 5.82 Å². The minimum atomic E-state index is -0.418. The van der Waals surface area contributed by atoms with Crippen molar-refractivity contribution in [3.8, 4) is 11.8 Å². The van der Waals surface area contributed by atoms with Crippen LogP contribution in [0.3, 0.4) is 0 Å². The zero-order valence-corrected chi connectivity index (χ0v) is 16.8. The summed E-state index contributed by atoms with van der Waals surface area (Å²) < 4.78 is 14.1. The highest BCUT2D eigenvalue weighted by Crippen LogP contribution is 2.42. The van der Waals surface area contributed by atoms with Crippen molar-refractivity contribution in [2.75, 3.05) is 16.8 Å². The number of benzene rings is 2. The third kappa shape index (κ3) is 3.82. The molecule has 2 heterocycles. The van der Waals surface area contributed by atoms with E-state index in [9.17, 15) is 9.18 Å². The van der Waals surface area contributed by atoms with Crippen molar-refractivity contribution in [1.82, 2.24) is 4.98 Å². The van der Waals surface area contributed by atoms with E-state index in [1.165, 1.54) is 17.8 Å². The summed E-state index contributed by atoms with van der Waals surface area (Å²) in [6.45, 7) is 3.87. The molecule has 0 unspecified atom stereocenters. The van der Waals surface area contributed by atoms with Crippen LogP contribution in [-0.2, 0) is 0 Å². The normalized spacial score (nSPS) is 12.4. The molecule has 0 bridgehead atoms. The zero-order valence-electron chi connectivity index (χ0n) is 16.0. The molecule has 2 aromatic carbocycles. The van der Waals surface area contributed by atoms with Gasteiger partial charge in [-0.05, 0) is 56.3 Å². The van der Waals surface area contributed by atoms with Crippen molar-refractivity contribution in [2.45, 2.75) is 23.6 Å². The number of fused-ring (bicyclic) bond motifs is 2. The predicted octanol–water partition coefficient (Wildman–Crippen LogP) is 5.41. The number of nitrogens with one attached hydrogen (secondary N) is 1. The van der Waals surface area contributed by atoms with Crippen LogP contribution in [0.15, 0.2) is 64.4 Å². The van der Waals surface area contributed by atoms with Gasteiger partial charge in [-0.3, -0.25) is 9.69 Å². The van der Waals surface area contributed by atoms with E-state index in [1.54, 1.807) is 17.9 Å². The third-order valence-electron chi connectivity index (χ3n) is 4.50. The minimum absolute atomic E-state index is 0.0818. The molecule has 3 aromatic rings. The molecule has 0 aliphatic carbocycles. The molecule has 6 heteroatoms. The first kappa shape index (κ1) is 19.0. The minimum Gasteiger partial charge on any atom is -0.338 e. The van der Waals surface area contributed by atoms with Gasteiger partial charge in [-0.25, -0.2) is 9.37 Å². The lowest BCUT2D eigenvalue weighted by molar-refractivity contribution is 0.0987. The van der Waals surface area contributed by atoms with Crippen LogP contribution in [0.25, 0.3) is 0 Å². The Bertz CT molecular complexity index is 1170. The van der Waals surface area contributed by atoms with E-state index in [0.717, 1.165) is 21.2 Å². The predicted molar refractivity (Wildman–Crippen MR) is 114 cm³/mol. The first-order valence-corrected chi connectivity index (χ1v) is 9.91. The molecule has 0 atom stereocenters. The number of amides is 1. The summed E-state index contributed by atoms with van der Waals surface area (Å²) in [5.41, 5.74) is 2.85. The first-order valence-electron chi connectivity index (χ1n) is 9.09. The monoisotopic (exact) mass is 403 g/mol. The number of aromatic nitrogens is 1. The Morgan fingerprint density at radius 3 is 2.79 bits per heavy atom. The smallest absolute Gasteiger partial charge is 0.260 e. The number of carbonyl (C=O) groups excluding carboxylic acids is 1. The van der Waals surface area contributed by atoms with E-state index in [1.807, 2.05) is 49.4 Å². The van der Waals surface area contributed by atoms with Gasteiger partial charge in [0.1, 0.15) is 0 Å². The topological polar surface area (TPSA) is 45.2 Å². The first-order chi connectivity index (χ1) is 14.1. The molecule has 1 aliphatic rings. The Balaban J connectivity index is 1.77. The van der Waals surface area contributed by atoms with E-state index in [2.05, 4.69) is 22.1 Å². The van der Waals surface area contributed by atoms with Gasteiger partial charge in [-0.1, -0.05) is 29.8 Å². The number of hydrogen-bond donors (Lipinski definition) is 1. The van der Waals surface area contributed by atoms with E-state index in [-0.39, 0.29) is 11.7 Å². The molecule has 4 nitrogen and oxygen atoms in total. The van der Waals surface area contributed by atoms with E-state index in [0.29, 0.717) is 17.8 Å². The molecular weight excluding hydrogens is 385 g/mol. The molecule has 144 valence electrons. The Labute approximate surface area is 173 Å². The van der Waals surface area contributed by atoms with E-state index >= 15 is 0 Å².